The van der Waals surface area contributed by atoms with Gasteiger partial charge in [-0.3, -0.25) is 9.59 Å². The summed E-state index contributed by atoms with van der Waals surface area (Å²) in [5, 5.41) is 5.67. The number of amides is 2. The Labute approximate surface area is 168 Å². The Hall–Kier alpha value is -2.60. The van der Waals surface area contributed by atoms with Gasteiger partial charge in [-0.15, -0.1) is 0 Å². The molecule has 0 radical (unpaired) electrons. The molecule has 1 heterocycles. The standard InChI is InChI=1S/C21H23ClFN3O2/c1-14(27)25-16-6-7-17(20(12-16)26-9-3-2-4-10-26)21(28)24-13-15-5-8-19(23)18(22)11-15/h5-8,11-12H,2-4,9-10,13H2,1H3,(H,24,28)(H,25,27). The molecule has 1 saturated heterocycles. The van der Waals surface area contributed by atoms with E-state index in [-0.39, 0.29) is 23.4 Å². The maximum atomic E-state index is 13.3. The highest BCUT2D eigenvalue weighted by atomic mass is 35.5. The maximum absolute atomic E-state index is 13.3. The zero-order chi connectivity index (χ0) is 20.1. The average molecular weight is 404 g/mol. The first kappa shape index (κ1) is 20.1. The van der Waals surface area contributed by atoms with Gasteiger partial charge in [-0.1, -0.05) is 17.7 Å². The zero-order valence-corrected chi connectivity index (χ0v) is 16.5. The van der Waals surface area contributed by atoms with Crippen LogP contribution in [-0.4, -0.2) is 24.9 Å². The monoisotopic (exact) mass is 403 g/mol. The Bertz CT molecular complexity index is 882. The fourth-order valence-corrected chi connectivity index (χ4v) is 3.53. The predicted molar refractivity (Wildman–Crippen MR) is 109 cm³/mol. The molecule has 0 unspecified atom stereocenters. The fraction of sp³-hybridized carbons (Fsp3) is 0.333. The molecular formula is C21H23ClFN3O2. The number of hydrogen-bond donors (Lipinski definition) is 2. The van der Waals surface area contributed by atoms with E-state index in [4.69, 9.17) is 11.6 Å². The first-order valence-corrected chi connectivity index (χ1v) is 9.70. The quantitative estimate of drug-likeness (QED) is 0.779. The van der Waals surface area contributed by atoms with Crippen LogP contribution in [0.4, 0.5) is 15.8 Å². The fourth-order valence-electron chi connectivity index (χ4n) is 3.33. The molecule has 0 spiro atoms. The van der Waals surface area contributed by atoms with E-state index in [1.165, 1.54) is 25.5 Å². The van der Waals surface area contributed by atoms with Crippen LogP contribution in [-0.2, 0) is 11.3 Å². The molecule has 1 fully saturated rings. The van der Waals surface area contributed by atoms with Crippen molar-refractivity contribution in [3.05, 3.63) is 58.4 Å². The van der Waals surface area contributed by atoms with Crippen LogP contribution in [0.1, 0.15) is 42.1 Å². The summed E-state index contributed by atoms with van der Waals surface area (Å²) in [7, 11) is 0. The Morgan fingerprint density at radius 2 is 1.86 bits per heavy atom. The first-order valence-electron chi connectivity index (χ1n) is 9.33. The Morgan fingerprint density at radius 1 is 1.11 bits per heavy atom. The number of hydrogen-bond acceptors (Lipinski definition) is 3. The number of benzene rings is 2. The molecule has 0 atom stereocenters. The number of piperidine rings is 1. The van der Waals surface area contributed by atoms with Crippen molar-refractivity contribution in [1.82, 2.24) is 5.32 Å². The highest BCUT2D eigenvalue weighted by Gasteiger charge is 2.19. The molecule has 0 aromatic heterocycles. The van der Waals surface area contributed by atoms with E-state index < -0.39 is 5.82 Å². The summed E-state index contributed by atoms with van der Waals surface area (Å²) in [5.41, 5.74) is 2.73. The maximum Gasteiger partial charge on any atom is 0.253 e. The van der Waals surface area contributed by atoms with Gasteiger partial charge < -0.3 is 15.5 Å². The topological polar surface area (TPSA) is 61.4 Å². The first-order chi connectivity index (χ1) is 13.4. The van der Waals surface area contributed by atoms with E-state index >= 15 is 0 Å². The van der Waals surface area contributed by atoms with Gasteiger partial charge in [0.2, 0.25) is 5.91 Å². The van der Waals surface area contributed by atoms with E-state index in [0.717, 1.165) is 31.6 Å². The van der Waals surface area contributed by atoms with E-state index in [9.17, 15) is 14.0 Å². The molecule has 2 aromatic rings. The molecule has 2 amide bonds. The van der Waals surface area contributed by atoms with Gasteiger partial charge in [0.15, 0.2) is 0 Å². The number of carbonyl (C=O) groups excluding carboxylic acids is 2. The third-order valence-electron chi connectivity index (χ3n) is 4.70. The van der Waals surface area contributed by atoms with E-state index in [1.54, 1.807) is 18.2 Å². The van der Waals surface area contributed by atoms with Crippen molar-refractivity contribution in [3.63, 3.8) is 0 Å². The van der Waals surface area contributed by atoms with Crippen LogP contribution < -0.4 is 15.5 Å². The largest absolute Gasteiger partial charge is 0.371 e. The number of rotatable bonds is 5. The number of anilines is 2. The van der Waals surface area contributed by atoms with Crippen LogP contribution >= 0.6 is 11.6 Å². The normalized spacial score (nSPS) is 13.9. The molecule has 0 saturated carbocycles. The van der Waals surface area contributed by atoms with E-state index in [1.807, 2.05) is 6.07 Å². The summed E-state index contributed by atoms with van der Waals surface area (Å²) in [6.45, 7) is 3.44. The minimum atomic E-state index is -0.488. The lowest BCUT2D eigenvalue weighted by Crippen LogP contribution is -2.32. The average Bonchev–Trinajstić information content (AvgIpc) is 2.69. The van der Waals surface area contributed by atoms with Crippen LogP contribution in [0, 0.1) is 5.82 Å². The third-order valence-corrected chi connectivity index (χ3v) is 4.99. The molecule has 1 aliphatic rings. The molecule has 1 aliphatic heterocycles. The predicted octanol–water partition coefficient (Wildman–Crippen LogP) is 4.36. The number of nitrogens with zero attached hydrogens (tertiary/aromatic N) is 1. The van der Waals surface area contributed by atoms with Crippen molar-refractivity contribution in [2.24, 2.45) is 0 Å². The SMILES string of the molecule is CC(=O)Nc1ccc(C(=O)NCc2ccc(F)c(Cl)c2)c(N2CCCCC2)c1. The van der Waals surface area contributed by atoms with Crippen LogP contribution in [0.15, 0.2) is 36.4 Å². The minimum Gasteiger partial charge on any atom is -0.371 e. The lowest BCUT2D eigenvalue weighted by atomic mass is 10.1. The molecule has 0 bridgehead atoms. The zero-order valence-electron chi connectivity index (χ0n) is 15.7. The van der Waals surface area contributed by atoms with Crippen LogP contribution in [0.2, 0.25) is 5.02 Å². The molecular weight excluding hydrogens is 381 g/mol. The molecule has 28 heavy (non-hydrogen) atoms. The third kappa shape index (κ3) is 5.01. The second-order valence-electron chi connectivity index (χ2n) is 6.89. The molecule has 7 heteroatoms. The van der Waals surface area contributed by atoms with Gasteiger partial charge >= 0.3 is 0 Å². The second kappa shape index (κ2) is 9.06. The van der Waals surface area contributed by atoms with Gasteiger partial charge in [-0.2, -0.15) is 0 Å². The smallest absolute Gasteiger partial charge is 0.253 e. The van der Waals surface area contributed by atoms with E-state index in [0.29, 0.717) is 16.8 Å². The summed E-state index contributed by atoms with van der Waals surface area (Å²) in [6.07, 6.45) is 3.31. The van der Waals surface area contributed by atoms with Crippen molar-refractivity contribution < 1.29 is 14.0 Å². The van der Waals surface area contributed by atoms with E-state index in [2.05, 4.69) is 15.5 Å². The summed E-state index contributed by atoms with van der Waals surface area (Å²) in [6, 6.07) is 9.66. The summed E-state index contributed by atoms with van der Waals surface area (Å²) < 4.78 is 13.3. The Kier molecular flexibility index (Phi) is 6.52. The number of carbonyl (C=O) groups is 2. The molecule has 2 aromatic carbocycles. The van der Waals surface area contributed by atoms with Crippen molar-refractivity contribution in [2.75, 3.05) is 23.3 Å². The summed E-state index contributed by atoms with van der Waals surface area (Å²) in [4.78, 5) is 26.4. The number of nitrogens with one attached hydrogen (secondary N) is 2. The number of halogens is 2. The summed E-state index contributed by atoms with van der Waals surface area (Å²) >= 11 is 5.80. The van der Waals surface area contributed by atoms with Gasteiger partial charge in [-0.05, 0) is 55.2 Å². The Morgan fingerprint density at radius 3 is 2.54 bits per heavy atom. The van der Waals surface area contributed by atoms with Crippen molar-refractivity contribution in [3.8, 4) is 0 Å². The molecule has 3 rings (SSSR count). The van der Waals surface area contributed by atoms with Gasteiger partial charge in [0.1, 0.15) is 5.82 Å². The van der Waals surface area contributed by atoms with Gasteiger partial charge in [-0.25, -0.2) is 4.39 Å². The molecule has 2 N–H and O–H groups in total. The molecule has 5 nitrogen and oxygen atoms in total. The van der Waals surface area contributed by atoms with Gasteiger partial charge in [0.05, 0.1) is 16.3 Å². The van der Waals surface area contributed by atoms with Crippen LogP contribution in [0.5, 0.6) is 0 Å². The highest BCUT2D eigenvalue weighted by Crippen LogP contribution is 2.28. The van der Waals surface area contributed by atoms with Crippen LogP contribution in [0.3, 0.4) is 0 Å². The lowest BCUT2D eigenvalue weighted by Gasteiger charge is -2.30. The lowest BCUT2D eigenvalue weighted by molar-refractivity contribution is -0.114. The molecule has 0 aliphatic carbocycles. The highest BCUT2D eigenvalue weighted by molar-refractivity contribution is 6.30. The molecule has 148 valence electrons. The Balaban J connectivity index is 1.80. The van der Waals surface area contributed by atoms with Crippen molar-refractivity contribution in [2.45, 2.75) is 32.7 Å². The minimum absolute atomic E-state index is 0.0282. The van der Waals surface area contributed by atoms with Crippen molar-refractivity contribution in [1.29, 1.82) is 0 Å². The van der Waals surface area contributed by atoms with Crippen LogP contribution in [0.25, 0.3) is 0 Å². The van der Waals surface area contributed by atoms with Crippen molar-refractivity contribution >= 4 is 34.8 Å². The van der Waals surface area contributed by atoms with Gasteiger partial charge in [0.25, 0.3) is 5.91 Å². The second-order valence-corrected chi connectivity index (χ2v) is 7.30. The van der Waals surface area contributed by atoms with Gasteiger partial charge in [0, 0.05) is 32.2 Å². The summed E-state index contributed by atoms with van der Waals surface area (Å²) in [5.74, 6) is -0.872.